The largest absolute Gasteiger partial charge is 0.507 e. The number of aliphatic hydroxyl groups is 1. The number of likely N-dealkylation sites (tertiary alicyclic amines) is 1. The van der Waals surface area contributed by atoms with Crippen LogP contribution in [0.2, 0.25) is 10.0 Å². The molecule has 2 aromatic carbocycles. The maximum Gasteiger partial charge on any atom is 0.295 e. The van der Waals surface area contributed by atoms with E-state index >= 15 is 0 Å². The number of hydrogen-bond acceptors (Lipinski definition) is 5. The lowest BCUT2D eigenvalue weighted by atomic mass is 9.95. The summed E-state index contributed by atoms with van der Waals surface area (Å²) in [6.45, 7) is 0.735. The van der Waals surface area contributed by atoms with Crippen LogP contribution < -0.4 is 4.74 Å². The van der Waals surface area contributed by atoms with E-state index in [0.29, 0.717) is 41.5 Å². The van der Waals surface area contributed by atoms with Crippen LogP contribution in [0.1, 0.15) is 23.6 Å². The van der Waals surface area contributed by atoms with E-state index in [9.17, 15) is 14.7 Å². The van der Waals surface area contributed by atoms with E-state index in [2.05, 4.69) is 0 Å². The van der Waals surface area contributed by atoms with E-state index in [1.807, 2.05) is 0 Å². The maximum atomic E-state index is 12.9. The molecule has 0 spiro atoms. The van der Waals surface area contributed by atoms with Crippen LogP contribution in [0.5, 0.6) is 5.75 Å². The highest BCUT2D eigenvalue weighted by Crippen LogP contribution is 2.40. The molecule has 2 aromatic rings. The van der Waals surface area contributed by atoms with Gasteiger partial charge in [-0.1, -0.05) is 35.3 Å². The van der Waals surface area contributed by atoms with Gasteiger partial charge in [0.25, 0.3) is 11.7 Å². The van der Waals surface area contributed by atoms with Gasteiger partial charge < -0.3 is 19.5 Å². The minimum absolute atomic E-state index is 0.000901. The molecule has 0 aromatic heterocycles. The number of carbonyl (C=O) groups excluding carboxylic acids is 2. The summed E-state index contributed by atoms with van der Waals surface area (Å²) in [5.74, 6) is -1.09. The van der Waals surface area contributed by atoms with Crippen LogP contribution in [-0.4, -0.2) is 49.1 Å². The number of carbonyl (C=O) groups is 2. The Morgan fingerprint density at radius 1 is 1.07 bits per heavy atom. The summed E-state index contributed by atoms with van der Waals surface area (Å²) in [6.07, 6.45) is 0.545. The second-order valence-corrected chi connectivity index (χ2v) is 7.56. The van der Waals surface area contributed by atoms with Crippen molar-refractivity contribution in [1.82, 2.24) is 4.90 Å². The predicted molar refractivity (Wildman–Crippen MR) is 115 cm³/mol. The Bertz CT molecular complexity index is 988. The molecular formula is C22H21Cl2NO5. The zero-order valence-electron chi connectivity index (χ0n) is 16.5. The third kappa shape index (κ3) is 4.31. The zero-order chi connectivity index (χ0) is 21.8. The summed E-state index contributed by atoms with van der Waals surface area (Å²) in [6, 6.07) is 10.8. The van der Waals surface area contributed by atoms with E-state index in [4.69, 9.17) is 32.7 Å². The molecule has 1 atom stereocenters. The minimum Gasteiger partial charge on any atom is -0.507 e. The standard InChI is InChI=1S/C22H21Cl2NO5/c1-29-11-3-10-25-19(13-4-7-15(30-2)8-5-13)18(21(27)22(25)28)20(26)14-6-9-16(23)17(24)12-14/h4-9,12,19,26H,3,10-11H2,1-2H3/b20-18-. The van der Waals surface area contributed by atoms with Gasteiger partial charge in [-0.3, -0.25) is 9.59 Å². The fourth-order valence-electron chi connectivity index (χ4n) is 3.42. The number of aliphatic hydroxyl groups excluding tert-OH is 1. The van der Waals surface area contributed by atoms with E-state index in [-0.39, 0.29) is 16.4 Å². The Kier molecular flexibility index (Phi) is 7.02. The number of Topliss-reactive ketones (excluding diaryl/α,β-unsaturated/α-hetero) is 1. The Morgan fingerprint density at radius 2 is 1.77 bits per heavy atom. The highest BCUT2D eigenvalue weighted by atomic mass is 35.5. The summed E-state index contributed by atoms with van der Waals surface area (Å²) in [4.78, 5) is 27.1. The van der Waals surface area contributed by atoms with Crippen LogP contribution in [0, 0.1) is 0 Å². The molecule has 1 unspecified atom stereocenters. The predicted octanol–water partition coefficient (Wildman–Crippen LogP) is 4.46. The van der Waals surface area contributed by atoms with Gasteiger partial charge in [-0.05, 0) is 42.3 Å². The van der Waals surface area contributed by atoms with Crippen LogP contribution in [0.25, 0.3) is 5.76 Å². The SMILES string of the molecule is COCCCN1C(=O)C(=O)/C(=C(\O)c2ccc(Cl)c(Cl)c2)C1c1ccc(OC)cc1. The number of halogens is 2. The summed E-state index contributed by atoms with van der Waals surface area (Å²) >= 11 is 12.0. The summed E-state index contributed by atoms with van der Waals surface area (Å²) in [5, 5.41) is 11.5. The number of ether oxygens (including phenoxy) is 2. The lowest BCUT2D eigenvalue weighted by Gasteiger charge is -2.25. The van der Waals surface area contributed by atoms with Gasteiger partial charge in [0, 0.05) is 25.8 Å². The van der Waals surface area contributed by atoms with Gasteiger partial charge in [-0.2, -0.15) is 0 Å². The van der Waals surface area contributed by atoms with Crippen LogP contribution in [0.4, 0.5) is 0 Å². The number of nitrogens with zero attached hydrogens (tertiary/aromatic N) is 1. The van der Waals surface area contributed by atoms with Gasteiger partial charge in [0.2, 0.25) is 0 Å². The first-order valence-electron chi connectivity index (χ1n) is 9.25. The molecule has 158 valence electrons. The Balaban J connectivity index is 2.12. The summed E-state index contributed by atoms with van der Waals surface area (Å²) in [7, 11) is 3.12. The number of amides is 1. The second-order valence-electron chi connectivity index (χ2n) is 6.74. The van der Waals surface area contributed by atoms with Crippen molar-refractivity contribution in [2.24, 2.45) is 0 Å². The molecule has 1 aliphatic heterocycles. The number of hydrogen-bond donors (Lipinski definition) is 1. The van der Waals surface area contributed by atoms with Gasteiger partial charge in [-0.25, -0.2) is 0 Å². The van der Waals surface area contributed by atoms with E-state index in [0.717, 1.165) is 0 Å². The smallest absolute Gasteiger partial charge is 0.295 e. The van der Waals surface area contributed by atoms with E-state index in [1.165, 1.54) is 17.0 Å². The molecule has 1 heterocycles. The van der Waals surface area contributed by atoms with Gasteiger partial charge in [0.1, 0.15) is 11.5 Å². The molecule has 0 aliphatic carbocycles. The molecule has 1 fully saturated rings. The number of rotatable bonds is 7. The fraction of sp³-hybridized carbons (Fsp3) is 0.273. The van der Waals surface area contributed by atoms with Gasteiger partial charge in [0.05, 0.1) is 28.8 Å². The molecule has 1 amide bonds. The minimum atomic E-state index is -0.753. The monoisotopic (exact) mass is 449 g/mol. The molecule has 1 saturated heterocycles. The van der Waals surface area contributed by atoms with E-state index < -0.39 is 17.7 Å². The first-order valence-corrected chi connectivity index (χ1v) is 10.0. The summed E-state index contributed by atoms with van der Waals surface area (Å²) < 4.78 is 10.3. The van der Waals surface area contributed by atoms with Crippen LogP contribution in [-0.2, 0) is 14.3 Å². The molecule has 0 radical (unpaired) electrons. The van der Waals surface area contributed by atoms with Crippen molar-refractivity contribution in [3.8, 4) is 5.75 Å². The molecule has 6 nitrogen and oxygen atoms in total. The Hall–Kier alpha value is -2.54. The average Bonchev–Trinajstić information content (AvgIpc) is 3.00. The van der Waals surface area contributed by atoms with Crippen molar-refractivity contribution in [1.29, 1.82) is 0 Å². The number of benzene rings is 2. The van der Waals surface area contributed by atoms with Crippen LogP contribution >= 0.6 is 23.2 Å². The summed E-state index contributed by atoms with van der Waals surface area (Å²) in [5.41, 5.74) is 0.979. The lowest BCUT2D eigenvalue weighted by Crippen LogP contribution is -2.31. The molecule has 0 bridgehead atoms. The van der Waals surface area contributed by atoms with Crippen LogP contribution in [0.15, 0.2) is 48.0 Å². The van der Waals surface area contributed by atoms with Gasteiger partial charge in [-0.15, -0.1) is 0 Å². The van der Waals surface area contributed by atoms with Gasteiger partial charge in [0.15, 0.2) is 0 Å². The van der Waals surface area contributed by atoms with Crippen molar-refractivity contribution < 1.29 is 24.2 Å². The second kappa shape index (κ2) is 9.51. The first-order chi connectivity index (χ1) is 14.4. The molecule has 1 N–H and O–H groups in total. The van der Waals surface area contributed by atoms with E-state index in [1.54, 1.807) is 44.6 Å². The highest BCUT2D eigenvalue weighted by molar-refractivity contribution is 6.46. The molecule has 30 heavy (non-hydrogen) atoms. The first kappa shape index (κ1) is 22.2. The Morgan fingerprint density at radius 3 is 2.37 bits per heavy atom. The van der Waals surface area contributed by atoms with Crippen molar-refractivity contribution in [2.75, 3.05) is 27.4 Å². The lowest BCUT2D eigenvalue weighted by molar-refractivity contribution is -0.140. The number of methoxy groups -OCH3 is 2. The third-order valence-electron chi connectivity index (χ3n) is 4.91. The van der Waals surface area contributed by atoms with Gasteiger partial charge >= 0.3 is 0 Å². The van der Waals surface area contributed by atoms with Crippen molar-refractivity contribution in [3.63, 3.8) is 0 Å². The molecule has 1 aliphatic rings. The molecule has 3 rings (SSSR count). The maximum absolute atomic E-state index is 12.9. The fourth-order valence-corrected chi connectivity index (χ4v) is 3.72. The average molecular weight is 450 g/mol. The van der Waals surface area contributed by atoms with Crippen molar-refractivity contribution in [3.05, 3.63) is 69.2 Å². The number of ketones is 1. The Labute approximate surface area is 184 Å². The normalized spacial score (nSPS) is 18.1. The quantitative estimate of drug-likeness (QED) is 0.292. The van der Waals surface area contributed by atoms with Crippen molar-refractivity contribution >= 4 is 40.7 Å². The van der Waals surface area contributed by atoms with Crippen LogP contribution in [0.3, 0.4) is 0 Å². The topological polar surface area (TPSA) is 76.1 Å². The third-order valence-corrected chi connectivity index (χ3v) is 5.65. The molecule has 8 heteroatoms. The zero-order valence-corrected chi connectivity index (χ0v) is 18.0. The van der Waals surface area contributed by atoms with Crippen molar-refractivity contribution in [2.45, 2.75) is 12.5 Å². The molecular weight excluding hydrogens is 429 g/mol. The highest BCUT2D eigenvalue weighted by Gasteiger charge is 2.45. The molecule has 0 saturated carbocycles.